The number of amides is 1. The maximum atomic E-state index is 12.9. The molecule has 0 saturated carbocycles. The summed E-state index contributed by atoms with van der Waals surface area (Å²) in [5.41, 5.74) is 0.560. The van der Waals surface area contributed by atoms with Crippen LogP contribution in [0.4, 0.5) is 36.8 Å². The van der Waals surface area contributed by atoms with Crippen molar-refractivity contribution in [1.29, 1.82) is 0 Å². The number of ether oxygens (including phenoxy) is 1. The van der Waals surface area contributed by atoms with Crippen molar-refractivity contribution in [2.75, 3.05) is 39.9 Å². The van der Waals surface area contributed by atoms with E-state index >= 15 is 0 Å². The van der Waals surface area contributed by atoms with E-state index in [1.807, 2.05) is 18.2 Å². The molecule has 0 aliphatic carbocycles. The Hall–Kier alpha value is -1.46. The van der Waals surface area contributed by atoms with Crippen LogP contribution >= 0.6 is 0 Å². The van der Waals surface area contributed by atoms with Crippen molar-refractivity contribution in [2.45, 2.75) is 44.4 Å². The van der Waals surface area contributed by atoms with Gasteiger partial charge in [-0.25, -0.2) is 4.79 Å². The van der Waals surface area contributed by atoms with Crippen LogP contribution in [0.5, 0.6) is 0 Å². The van der Waals surface area contributed by atoms with Crippen LogP contribution in [0.25, 0.3) is 0 Å². The third-order valence-electron chi connectivity index (χ3n) is 4.76. The molecule has 0 unspecified atom stereocenters. The Bertz CT molecular complexity index is 720. The Balaban J connectivity index is 0.000000861. The van der Waals surface area contributed by atoms with Gasteiger partial charge in [0.15, 0.2) is 0 Å². The van der Waals surface area contributed by atoms with Gasteiger partial charge < -0.3 is 18.0 Å². The zero-order valence-electron chi connectivity index (χ0n) is 19.7. The van der Waals surface area contributed by atoms with Gasteiger partial charge >= 0.3 is 27.3 Å². The van der Waals surface area contributed by atoms with Crippen LogP contribution in [0, 0.1) is 0 Å². The minimum atomic E-state index is -4.70. The van der Waals surface area contributed by atoms with Crippen molar-refractivity contribution in [3.05, 3.63) is 24.3 Å². The predicted octanol–water partition coefficient (Wildman–Crippen LogP) is 5.18. The summed E-state index contributed by atoms with van der Waals surface area (Å²) in [7, 11) is 1.83. The molecule has 0 spiro atoms. The second-order valence-electron chi connectivity index (χ2n) is 7.75. The van der Waals surface area contributed by atoms with E-state index in [-0.39, 0.29) is 6.92 Å². The van der Waals surface area contributed by atoms with Gasteiger partial charge in [-0.05, 0) is 18.2 Å². The Morgan fingerprint density at radius 3 is 1.88 bits per heavy atom. The minimum absolute atomic E-state index is 0.249. The normalized spacial score (nSPS) is 12.8. The third-order valence-corrected chi connectivity index (χ3v) is 11.4. The molecule has 0 fully saturated rings. The lowest BCUT2D eigenvalue weighted by molar-refractivity contribution is -0.279. The van der Waals surface area contributed by atoms with E-state index < -0.39 is 41.9 Å². The fourth-order valence-electron chi connectivity index (χ4n) is 2.61. The molecule has 1 amide bonds. The van der Waals surface area contributed by atoms with Crippen molar-refractivity contribution < 1.29 is 49.2 Å². The van der Waals surface area contributed by atoms with Crippen molar-refractivity contribution in [2.24, 2.45) is 0 Å². The van der Waals surface area contributed by atoms with Gasteiger partial charge in [0, 0.05) is 47.0 Å². The molecular formula is C19H31F6NO5Si2. The van der Waals surface area contributed by atoms with Crippen molar-refractivity contribution in [3.8, 4) is 0 Å². The number of alkyl halides is 5. The fraction of sp³-hybridized carbons (Fsp3) is 0.632. The lowest BCUT2D eigenvalue weighted by atomic mass is 10.3. The van der Waals surface area contributed by atoms with E-state index in [2.05, 4.69) is 17.8 Å². The fourth-order valence-corrected chi connectivity index (χ4v) is 8.82. The van der Waals surface area contributed by atoms with Gasteiger partial charge in [0.05, 0.1) is 8.07 Å². The first-order valence-electron chi connectivity index (χ1n) is 9.69. The summed E-state index contributed by atoms with van der Waals surface area (Å²) in [6.07, 6.45) is -9.87. The number of carbonyl (C=O) groups is 1. The number of nitrogens with zero attached hydrogens (tertiary/aromatic N) is 1. The van der Waals surface area contributed by atoms with Crippen molar-refractivity contribution >= 4 is 33.9 Å². The molecule has 14 heteroatoms. The average Bonchev–Trinajstić information content (AvgIpc) is 2.73. The van der Waals surface area contributed by atoms with Crippen LogP contribution in [0.1, 0.15) is 6.92 Å². The zero-order chi connectivity index (χ0) is 26.1. The Kier molecular flexibility index (Phi) is 12.3. The molecule has 192 valence electrons. The molecular weight excluding hydrogens is 492 g/mol. The number of carbonyl (C=O) groups excluding carboxylic acids is 1. The lowest BCUT2D eigenvalue weighted by Gasteiger charge is -2.30. The first-order valence-corrected chi connectivity index (χ1v) is 14.8. The molecule has 0 radical (unpaired) electrons. The number of rotatable bonds is 10. The van der Waals surface area contributed by atoms with E-state index in [1.54, 1.807) is 27.4 Å². The van der Waals surface area contributed by atoms with Crippen LogP contribution in [0.2, 0.25) is 25.2 Å². The molecule has 0 heterocycles. The van der Waals surface area contributed by atoms with E-state index in [0.29, 0.717) is 5.69 Å². The van der Waals surface area contributed by atoms with E-state index in [0.717, 1.165) is 22.2 Å². The van der Waals surface area contributed by atoms with Gasteiger partial charge in [0.2, 0.25) is 0 Å². The maximum Gasteiger partial charge on any atom is 0.499 e. The second-order valence-corrected chi connectivity index (χ2v) is 15.7. The molecule has 0 N–H and O–H groups in total. The summed E-state index contributed by atoms with van der Waals surface area (Å²) < 4.78 is 88.9. The van der Waals surface area contributed by atoms with Crippen molar-refractivity contribution in [3.63, 3.8) is 0 Å². The molecule has 0 aromatic heterocycles. The Morgan fingerprint density at radius 1 is 1.00 bits per heavy atom. The molecule has 6 nitrogen and oxygen atoms in total. The molecule has 0 aliphatic rings. The monoisotopic (exact) mass is 523 g/mol. The highest BCUT2D eigenvalue weighted by atomic mass is 28.4. The number of halogens is 6. The molecule has 33 heavy (non-hydrogen) atoms. The average molecular weight is 524 g/mol. The molecule has 1 rings (SSSR count). The minimum Gasteiger partial charge on any atom is -0.377 e. The molecule has 0 atom stereocenters. The number of anilines is 1. The molecule has 0 aliphatic heterocycles. The van der Waals surface area contributed by atoms with Gasteiger partial charge in [0.1, 0.15) is 6.61 Å². The van der Waals surface area contributed by atoms with E-state index in [9.17, 15) is 31.1 Å². The molecule has 0 saturated heterocycles. The largest absolute Gasteiger partial charge is 0.499 e. The molecule has 1 aromatic rings. The van der Waals surface area contributed by atoms with E-state index in [1.165, 1.54) is 7.05 Å². The van der Waals surface area contributed by atoms with Crippen molar-refractivity contribution in [1.82, 2.24) is 0 Å². The summed E-state index contributed by atoms with van der Waals surface area (Å²) in [6, 6.07) is 9.13. The van der Waals surface area contributed by atoms with Crippen LogP contribution in [-0.2, 0) is 18.0 Å². The molecule has 1 aromatic carbocycles. The number of benzene rings is 1. The predicted molar refractivity (Wildman–Crippen MR) is 117 cm³/mol. The summed E-state index contributed by atoms with van der Waals surface area (Å²) in [5.74, 6) is 0. The summed E-state index contributed by atoms with van der Waals surface area (Å²) >= 11 is 0. The summed E-state index contributed by atoms with van der Waals surface area (Å²) in [5, 5.41) is 1.15. The first kappa shape index (κ1) is 31.5. The molecule has 0 bridgehead atoms. The maximum absolute atomic E-state index is 12.9. The SMILES string of the molecule is CC(F)(F)OCC(F)(F)F.CO[Si](CC[Si](C)(C)c1cccc(N(C)C(=O)F)c1)(OC)OC. The lowest BCUT2D eigenvalue weighted by Crippen LogP contribution is -2.48. The summed E-state index contributed by atoms with van der Waals surface area (Å²) in [4.78, 5) is 11.9. The highest BCUT2D eigenvalue weighted by Gasteiger charge is 2.40. The zero-order valence-corrected chi connectivity index (χ0v) is 21.7. The van der Waals surface area contributed by atoms with Crippen LogP contribution < -0.4 is 10.1 Å². The second kappa shape index (κ2) is 12.9. The van der Waals surface area contributed by atoms with Gasteiger partial charge in [-0.15, -0.1) is 4.39 Å². The van der Waals surface area contributed by atoms with Crippen LogP contribution in [0.15, 0.2) is 24.3 Å². The number of hydrogen-bond donors (Lipinski definition) is 0. The van der Waals surface area contributed by atoms with E-state index in [4.69, 9.17) is 13.3 Å². The standard InChI is InChI=1S/C15H26FNO4Si2.C4H5F5O/c1-17(15(16)18)13-8-7-9-14(12-13)22(5,6)10-11-23(19-2,20-3)21-4;1-3(5,6)10-2-4(7,8)9/h7-9,12H,10-11H2,1-6H3;2H2,1H3. The summed E-state index contributed by atoms with van der Waals surface area (Å²) in [6.45, 7) is 2.78. The van der Waals surface area contributed by atoms with Gasteiger partial charge in [-0.2, -0.15) is 22.0 Å². The third kappa shape index (κ3) is 12.0. The van der Waals surface area contributed by atoms with Gasteiger partial charge in [0.25, 0.3) is 0 Å². The first-order chi connectivity index (χ1) is 14.9. The Labute approximate surface area is 192 Å². The topological polar surface area (TPSA) is 57.2 Å². The van der Waals surface area contributed by atoms with Gasteiger partial charge in [-0.1, -0.05) is 30.4 Å². The van der Waals surface area contributed by atoms with Crippen LogP contribution in [0.3, 0.4) is 0 Å². The van der Waals surface area contributed by atoms with Crippen LogP contribution in [-0.4, -0.2) is 70.3 Å². The number of hydrogen-bond acceptors (Lipinski definition) is 5. The smallest absolute Gasteiger partial charge is 0.377 e. The quantitative estimate of drug-likeness (QED) is 0.183. The van der Waals surface area contributed by atoms with Gasteiger partial charge in [-0.3, -0.25) is 4.90 Å². The highest BCUT2D eigenvalue weighted by Crippen LogP contribution is 2.24. The Morgan fingerprint density at radius 2 is 1.52 bits per heavy atom. The highest BCUT2D eigenvalue weighted by molar-refractivity contribution is 6.90.